The van der Waals surface area contributed by atoms with Gasteiger partial charge in [-0.3, -0.25) is 0 Å². The molecule has 0 atom stereocenters. The van der Waals surface area contributed by atoms with Gasteiger partial charge in [0.05, 0.1) is 0 Å². The van der Waals surface area contributed by atoms with Crippen LogP contribution < -0.4 is 10.5 Å². The average Bonchev–Trinajstić information content (AvgIpc) is 2.24. The van der Waals surface area contributed by atoms with Gasteiger partial charge < -0.3 is 10.5 Å². The smallest absolute Gasteiger partial charge is 0.126 e. The number of nitrogens with two attached hydrogens (primary N) is 1. The second kappa shape index (κ2) is 6.04. The minimum Gasteiger partial charge on any atom is -0.489 e. The Balaban J connectivity index is 2.76. The second-order valence-electron chi connectivity index (χ2n) is 3.42. The van der Waals surface area contributed by atoms with Crippen LogP contribution in [0.25, 0.3) is 6.08 Å². The highest BCUT2D eigenvalue weighted by molar-refractivity contribution is 5.57. The lowest BCUT2D eigenvalue weighted by atomic mass is 10.2. The van der Waals surface area contributed by atoms with Crippen LogP contribution in [0.5, 0.6) is 5.75 Å². The van der Waals surface area contributed by atoms with Crippen molar-refractivity contribution in [1.29, 1.82) is 0 Å². The summed E-state index contributed by atoms with van der Waals surface area (Å²) in [5, 5.41) is 0. The number of para-hydroxylation sites is 1. The largest absolute Gasteiger partial charge is 0.489 e. The van der Waals surface area contributed by atoms with E-state index < -0.39 is 0 Å². The minimum absolute atomic E-state index is 0.537. The first-order valence-electron chi connectivity index (χ1n) is 4.97. The number of hydrogen-bond acceptors (Lipinski definition) is 2. The van der Waals surface area contributed by atoms with Gasteiger partial charge in [0.1, 0.15) is 12.4 Å². The molecule has 0 unspecified atom stereocenters. The molecule has 1 aromatic carbocycles. The van der Waals surface area contributed by atoms with Crippen molar-refractivity contribution in [3.8, 4) is 5.75 Å². The normalized spacial score (nSPS) is 10.5. The summed E-state index contributed by atoms with van der Waals surface area (Å²) in [4.78, 5) is 0. The van der Waals surface area contributed by atoms with Crippen molar-refractivity contribution in [3.63, 3.8) is 0 Å². The van der Waals surface area contributed by atoms with Gasteiger partial charge in [-0.15, -0.1) is 0 Å². The van der Waals surface area contributed by atoms with E-state index in [4.69, 9.17) is 10.5 Å². The van der Waals surface area contributed by atoms with E-state index in [-0.39, 0.29) is 0 Å². The fraction of sp³-hybridized carbons (Fsp3) is 0.231. The predicted octanol–water partition coefficient (Wildman–Crippen LogP) is 2.61. The van der Waals surface area contributed by atoms with Crippen molar-refractivity contribution in [3.05, 3.63) is 48.1 Å². The van der Waals surface area contributed by atoms with E-state index >= 15 is 0 Å². The van der Waals surface area contributed by atoms with Crippen LogP contribution >= 0.6 is 0 Å². The summed E-state index contributed by atoms with van der Waals surface area (Å²) in [6.07, 6.45) is 3.87. The van der Waals surface area contributed by atoms with Crippen molar-refractivity contribution in [2.24, 2.45) is 5.73 Å². The van der Waals surface area contributed by atoms with Gasteiger partial charge in [-0.25, -0.2) is 0 Å². The molecule has 0 aliphatic heterocycles. The van der Waals surface area contributed by atoms with Gasteiger partial charge >= 0.3 is 0 Å². The van der Waals surface area contributed by atoms with E-state index in [1.54, 1.807) is 0 Å². The molecule has 2 nitrogen and oxygen atoms in total. The molecule has 2 N–H and O–H groups in total. The topological polar surface area (TPSA) is 35.2 Å². The molecule has 0 radical (unpaired) electrons. The second-order valence-corrected chi connectivity index (χ2v) is 3.42. The molecule has 0 heterocycles. The summed E-state index contributed by atoms with van der Waals surface area (Å²) in [5.41, 5.74) is 7.46. The molecule has 80 valence electrons. The maximum atomic E-state index is 5.60. The monoisotopic (exact) mass is 203 g/mol. The Morgan fingerprint density at radius 2 is 2.20 bits per heavy atom. The zero-order valence-corrected chi connectivity index (χ0v) is 9.07. The zero-order chi connectivity index (χ0) is 11.1. The third-order valence-corrected chi connectivity index (χ3v) is 1.83. The first-order valence-corrected chi connectivity index (χ1v) is 4.97. The molecule has 1 rings (SSSR count). The van der Waals surface area contributed by atoms with E-state index in [9.17, 15) is 0 Å². The fourth-order valence-corrected chi connectivity index (χ4v) is 1.15. The molecule has 0 bridgehead atoms. The molecule has 0 aliphatic rings. The summed E-state index contributed by atoms with van der Waals surface area (Å²) in [5.74, 6) is 0.866. The first-order chi connectivity index (χ1) is 7.24. The standard InChI is InChI=1S/C13H17NO/c1-11(2)10-15-13-8-4-3-6-12(13)7-5-9-14/h3-8H,1,9-10,14H2,2H3/b7-5+. The van der Waals surface area contributed by atoms with Crippen molar-refractivity contribution >= 4 is 6.08 Å². The highest BCUT2D eigenvalue weighted by Crippen LogP contribution is 2.19. The van der Waals surface area contributed by atoms with Crippen LogP contribution in [0, 0.1) is 0 Å². The number of rotatable bonds is 5. The summed E-state index contributed by atoms with van der Waals surface area (Å²) in [7, 11) is 0. The van der Waals surface area contributed by atoms with Crippen molar-refractivity contribution in [1.82, 2.24) is 0 Å². The van der Waals surface area contributed by atoms with E-state index in [1.807, 2.05) is 43.3 Å². The predicted molar refractivity (Wildman–Crippen MR) is 64.8 cm³/mol. The van der Waals surface area contributed by atoms with Crippen LogP contribution in [-0.4, -0.2) is 13.2 Å². The molecule has 0 fully saturated rings. The SMILES string of the molecule is C=C(C)COc1ccccc1/C=C/CN. The van der Waals surface area contributed by atoms with E-state index in [0.717, 1.165) is 16.9 Å². The Morgan fingerprint density at radius 3 is 2.87 bits per heavy atom. The summed E-state index contributed by atoms with van der Waals surface area (Å²) in [6, 6.07) is 7.87. The van der Waals surface area contributed by atoms with Crippen LogP contribution in [0.2, 0.25) is 0 Å². The average molecular weight is 203 g/mol. The van der Waals surface area contributed by atoms with Crippen LogP contribution in [0.4, 0.5) is 0 Å². The summed E-state index contributed by atoms with van der Waals surface area (Å²) >= 11 is 0. The summed E-state index contributed by atoms with van der Waals surface area (Å²) < 4.78 is 5.60. The molecule has 15 heavy (non-hydrogen) atoms. The quantitative estimate of drug-likeness (QED) is 0.746. The van der Waals surface area contributed by atoms with Crippen LogP contribution in [0.1, 0.15) is 12.5 Å². The third-order valence-electron chi connectivity index (χ3n) is 1.83. The highest BCUT2D eigenvalue weighted by Gasteiger charge is 1.98. The van der Waals surface area contributed by atoms with Gasteiger partial charge in [-0.1, -0.05) is 36.9 Å². The van der Waals surface area contributed by atoms with Gasteiger partial charge in [0.25, 0.3) is 0 Å². The number of hydrogen-bond donors (Lipinski definition) is 1. The maximum absolute atomic E-state index is 5.60. The Kier molecular flexibility index (Phi) is 4.64. The van der Waals surface area contributed by atoms with Crippen molar-refractivity contribution < 1.29 is 4.74 Å². The molecule has 0 amide bonds. The van der Waals surface area contributed by atoms with Crippen LogP contribution in [0.15, 0.2) is 42.5 Å². The first kappa shape index (κ1) is 11.5. The highest BCUT2D eigenvalue weighted by atomic mass is 16.5. The molecule has 0 saturated heterocycles. The van der Waals surface area contributed by atoms with Gasteiger partial charge in [0, 0.05) is 12.1 Å². The lowest BCUT2D eigenvalue weighted by Gasteiger charge is -2.08. The zero-order valence-electron chi connectivity index (χ0n) is 9.07. The molecule has 0 saturated carbocycles. The fourth-order valence-electron chi connectivity index (χ4n) is 1.15. The molecule has 0 spiro atoms. The molecule has 1 aromatic rings. The Morgan fingerprint density at radius 1 is 1.47 bits per heavy atom. The van der Waals surface area contributed by atoms with Crippen LogP contribution in [-0.2, 0) is 0 Å². The summed E-state index contributed by atoms with van der Waals surface area (Å²) in [6.45, 7) is 6.83. The van der Waals surface area contributed by atoms with Crippen LogP contribution in [0.3, 0.4) is 0 Å². The van der Waals surface area contributed by atoms with E-state index in [1.165, 1.54) is 0 Å². The molecular weight excluding hydrogens is 186 g/mol. The maximum Gasteiger partial charge on any atom is 0.126 e. The van der Waals surface area contributed by atoms with E-state index in [0.29, 0.717) is 13.2 Å². The Bertz CT molecular complexity index is 355. The van der Waals surface area contributed by atoms with Crippen molar-refractivity contribution in [2.75, 3.05) is 13.2 Å². The van der Waals surface area contributed by atoms with Crippen molar-refractivity contribution in [2.45, 2.75) is 6.92 Å². The Labute approximate surface area is 91.1 Å². The molecule has 2 heteroatoms. The lowest BCUT2D eigenvalue weighted by Crippen LogP contribution is -1.99. The van der Waals surface area contributed by atoms with Gasteiger partial charge in [0.15, 0.2) is 0 Å². The number of ether oxygens (including phenoxy) is 1. The van der Waals surface area contributed by atoms with Gasteiger partial charge in [-0.05, 0) is 18.6 Å². The number of benzene rings is 1. The third kappa shape index (κ3) is 4.00. The molecule has 0 aliphatic carbocycles. The Hall–Kier alpha value is -1.54. The molecular formula is C13H17NO. The van der Waals surface area contributed by atoms with E-state index in [2.05, 4.69) is 6.58 Å². The molecule has 0 aromatic heterocycles. The lowest BCUT2D eigenvalue weighted by molar-refractivity contribution is 0.352. The van der Waals surface area contributed by atoms with Gasteiger partial charge in [-0.2, -0.15) is 0 Å². The minimum atomic E-state index is 0.537. The van der Waals surface area contributed by atoms with Gasteiger partial charge in [0.2, 0.25) is 0 Å².